The first-order valence-electron chi connectivity index (χ1n) is 10.5. The van der Waals surface area contributed by atoms with Gasteiger partial charge in [0.15, 0.2) is 5.96 Å². The van der Waals surface area contributed by atoms with Crippen molar-refractivity contribution < 1.29 is 13.9 Å². The van der Waals surface area contributed by atoms with Crippen LogP contribution in [0.15, 0.2) is 53.5 Å². The van der Waals surface area contributed by atoms with Gasteiger partial charge in [-0.2, -0.15) is 0 Å². The maximum atomic E-state index is 13.8. The molecule has 7 heteroatoms. The smallest absolute Gasteiger partial charge is 0.191 e. The van der Waals surface area contributed by atoms with Crippen LogP contribution < -0.4 is 10.6 Å². The fourth-order valence-electron chi connectivity index (χ4n) is 3.62. The average Bonchev–Trinajstić information content (AvgIpc) is 2.75. The molecular formula is C23H30F2N4O. The minimum absolute atomic E-state index is 0.0830. The van der Waals surface area contributed by atoms with Gasteiger partial charge >= 0.3 is 0 Å². The minimum atomic E-state index is -0.987. The molecule has 1 atom stereocenters. The molecule has 0 amide bonds. The van der Waals surface area contributed by atoms with Crippen molar-refractivity contribution in [1.29, 1.82) is 0 Å². The van der Waals surface area contributed by atoms with Gasteiger partial charge in [0.2, 0.25) is 0 Å². The Bertz CT molecular complexity index is 820. The zero-order valence-electron chi connectivity index (χ0n) is 17.3. The van der Waals surface area contributed by atoms with Crippen LogP contribution in [0.1, 0.15) is 37.0 Å². The van der Waals surface area contributed by atoms with Gasteiger partial charge in [0, 0.05) is 37.8 Å². The second kappa shape index (κ2) is 11.0. The van der Waals surface area contributed by atoms with Crippen molar-refractivity contribution in [3.8, 4) is 0 Å². The zero-order valence-corrected chi connectivity index (χ0v) is 17.3. The number of hydrogen-bond acceptors (Lipinski definition) is 3. The predicted octanol–water partition coefficient (Wildman–Crippen LogP) is 3.22. The number of likely N-dealkylation sites (tertiary alicyclic amines) is 1. The van der Waals surface area contributed by atoms with E-state index in [1.54, 1.807) is 18.2 Å². The highest BCUT2D eigenvalue weighted by molar-refractivity contribution is 5.80. The number of aliphatic hydroxyl groups is 1. The van der Waals surface area contributed by atoms with Crippen LogP contribution in [0.25, 0.3) is 0 Å². The van der Waals surface area contributed by atoms with Crippen molar-refractivity contribution in [2.45, 2.75) is 38.5 Å². The summed E-state index contributed by atoms with van der Waals surface area (Å²) in [4.78, 5) is 6.81. The Morgan fingerprint density at radius 2 is 1.83 bits per heavy atom. The molecule has 2 aromatic rings. The Labute approximate surface area is 176 Å². The van der Waals surface area contributed by atoms with Gasteiger partial charge in [-0.15, -0.1) is 0 Å². The molecule has 2 aromatic carbocycles. The monoisotopic (exact) mass is 416 g/mol. The van der Waals surface area contributed by atoms with Crippen LogP contribution in [0.5, 0.6) is 0 Å². The summed E-state index contributed by atoms with van der Waals surface area (Å²) in [6.45, 7) is 5.45. The van der Waals surface area contributed by atoms with E-state index in [-0.39, 0.29) is 24.0 Å². The fourth-order valence-corrected chi connectivity index (χ4v) is 3.62. The summed E-state index contributed by atoms with van der Waals surface area (Å²) in [7, 11) is 0. The normalized spacial score (nSPS) is 17.0. The molecular weight excluding hydrogens is 386 g/mol. The molecule has 5 nitrogen and oxygen atoms in total. The number of guanidine groups is 1. The van der Waals surface area contributed by atoms with Crippen molar-refractivity contribution in [3.63, 3.8) is 0 Å². The summed E-state index contributed by atoms with van der Waals surface area (Å²) < 4.78 is 26.9. The quantitative estimate of drug-likeness (QED) is 0.479. The molecule has 1 saturated heterocycles. The molecule has 1 aliphatic rings. The van der Waals surface area contributed by atoms with Crippen molar-refractivity contribution >= 4 is 5.96 Å². The largest absolute Gasteiger partial charge is 0.386 e. The third-order valence-electron chi connectivity index (χ3n) is 5.28. The number of hydrogen-bond donors (Lipinski definition) is 3. The topological polar surface area (TPSA) is 59.9 Å². The molecule has 0 radical (unpaired) electrons. The van der Waals surface area contributed by atoms with Gasteiger partial charge < -0.3 is 15.7 Å². The Morgan fingerprint density at radius 1 is 1.13 bits per heavy atom. The highest BCUT2D eigenvalue weighted by Crippen LogP contribution is 2.17. The van der Waals surface area contributed by atoms with E-state index >= 15 is 0 Å². The van der Waals surface area contributed by atoms with Crippen LogP contribution in [0.2, 0.25) is 0 Å². The van der Waals surface area contributed by atoms with Crippen molar-refractivity contribution in [2.75, 3.05) is 26.2 Å². The maximum absolute atomic E-state index is 13.8. The third kappa shape index (κ3) is 6.50. The highest BCUT2D eigenvalue weighted by atomic mass is 19.1. The second-order valence-corrected chi connectivity index (χ2v) is 7.58. The van der Waals surface area contributed by atoms with Crippen LogP contribution in [0.4, 0.5) is 8.78 Å². The fraction of sp³-hybridized carbons (Fsp3) is 0.435. The van der Waals surface area contributed by atoms with Crippen LogP contribution in [-0.2, 0) is 6.54 Å². The van der Waals surface area contributed by atoms with E-state index in [4.69, 9.17) is 0 Å². The summed E-state index contributed by atoms with van der Waals surface area (Å²) in [5.74, 6) is -0.00594. The van der Waals surface area contributed by atoms with Gasteiger partial charge in [-0.1, -0.05) is 30.3 Å². The van der Waals surface area contributed by atoms with Gasteiger partial charge in [-0.25, -0.2) is 8.78 Å². The lowest BCUT2D eigenvalue weighted by Gasteiger charge is -2.33. The van der Waals surface area contributed by atoms with Crippen LogP contribution in [0.3, 0.4) is 0 Å². The lowest BCUT2D eigenvalue weighted by Crippen LogP contribution is -2.48. The van der Waals surface area contributed by atoms with E-state index < -0.39 is 11.9 Å². The summed E-state index contributed by atoms with van der Waals surface area (Å²) in [5.41, 5.74) is 1.37. The number of nitrogens with zero attached hydrogens (tertiary/aromatic N) is 2. The Hall–Kier alpha value is -2.51. The summed E-state index contributed by atoms with van der Waals surface area (Å²) in [6.07, 6.45) is 0.933. The number of aliphatic hydroxyl groups excluding tert-OH is 1. The van der Waals surface area contributed by atoms with E-state index in [0.717, 1.165) is 38.0 Å². The molecule has 3 rings (SSSR count). The van der Waals surface area contributed by atoms with E-state index in [9.17, 15) is 13.9 Å². The van der Waals surface area contributed by atoms with E-state index in [2.05, 4.69) is 20.5 Å². The molecule has 3 N–H and O–H groups in total. The molecule has 0 saturated carbocycles. The van der Waals surface area contributed by atoms with Gasteiger partial charge in [-0.05, 0) is 43.5 Å². The standard InChI is InChI=1S/C23H30F2N4O/c1-2-26-23(27-15-22(30)20-5-3-4-6-21(20)25)28-19-11-13-29(14-12-19)16-17-7-9-18(24)10-8-17/h3-10,19,22,30H,2,11-16H2,1H3,(H2,26,27,28). The minimum Gasteiger partial charge on any atom is -0.386 e. The average molecular weight is 417 g/mol. The number of nitrogens with one attached hydrogen (secondary N) is 2. The third-order valence-corrected chi connectivity index (χ3v) is 5.28. The Balaban J connectivity index is 1.50. The van der Waals surface area contributed by atoms with Gasteiger partial charge in [0.1, 0.15) is 17.7 Å². The molecule has 1 heterocycles. The number of halogens is 2. The lowest BCUT2D eigenvalue weighted by molar-refractivity contribution is 0.181. The SMILES string of the molecule is CCNC(=NCC(O)c1ccccc1F)NC1CCN(Cc2ccc(F)cc2)CC1. The van der Waals surface area contributed by atoms with Crippen LogP contribution in [-0.4, -0.2) is 48.2 Å². The molecule has 1 unspecified atom stereocenters. The first-order valence-corrected chi connectivity index (χ1v) is 10.5. The zero-order chi connectivity index (χ0) is 21.3. The highest BCUT2D eigenvalue weighted by Gasteiger charge is 2.20. The van der Waals surface area contributed by atoms with Crippen molar-refractivity contribution in [2.24, 2.45) is 4.99 Å². The van der Waals surface area contributed by atoms with E-state index in [1.165, 1.54) is 18.2 Å². The van der Waals surface area contributed by atoms with E-state index in [0.29, 0.717) is 12.5 Å². The number of aliphatic imine (C=N–C) groups is 1. The van der Waals surface area contributed by atoms with E-state index in [1.807, 2.05) is 19.1 Å². The Morgan fingerprint density at radius 3 is 2.50 bits per heavy atom. The molecule has 0 aliphatic carbocycles. The molecule has 1 aliphatic heterocycles. The molecule has 0 spiro atoms. The summed E-state index contributed by atoms with van der Waals surface area (Å²) in [5, 5.41) is 16.9. The van der Waals surface area contributed by atoms with Crippen molar-refractivity contribution in [1.82, 2.24) is 15.5 Å². The van der Waals surface area contributed by atoms with Gasteiger partial charge in [-0.3, -0.25) is 9.89 Å². The maximum Gasteiger partial charge on any atom is 0.191 e. The summed E-state index contributed by atoms with van der Waals surface area (Å²) in [6, 6.07) is 13.2. The molecule has 30 heavy (non-hydrogen) atoms. The van der Waals surface area contributed by atoms with Crippen LogP contribution >= 0.6 is 0 Å². The first kappa shape index (κ1) is 22.2. The molecule has 162 valence electrons. The van der Waals surface area contributed by atoms with Gasteiger partial charge in [0.25, 0.3) is 0 Å². The van der Waals surface area contributed by atoms with Crippen LogP contribution in [0, 0.1) is 11.6 Å². The number of rotatable bonds is 7. The predicted molar refractivity (Wildman–Crippen MR) is 115 cm³/mol. The number of piperidine rings is 1. The molecule has 0 aromatic heterocycles. The number of benzene rings is 2. The summed E-state index contributed by atoms with van der Waals surface area (Å²) >= 11 is 0. The molecule has 1 fully saturated rings. The first-order chi connectivity index (χ1) is 14.5. The second-order valence-electron chi connectivity index (χ2n) is 7.58. The van der Waals surface area contributed by atoms with Gasteiger partial charge in [0.05, 0.1) is 6.54 Å². The molecule has 0 bridgehead atoms. The lowest BCUT2D eigenvalue weighted by atomic mass is 10.0. The van der Waals surface area contributed by atoms with Crippen molar-refractivity contribution in [3.05, 3.63) is 71.3 Å². The Kier molecular flexibility index (Phi) is 8.16.